The van der Waals surface area contributed by atoms with E-state index in [1.165, 1.54) is 10.6 Å². The summed E-state index contributed by atoms with van der Waals surface area (Å²) in [6.45, 7) is 0.935. The number of aromatic nitrogens is 2. The van der Waals surface area contributed by atoms with E-state index < -0.39 is 10.0 Å². The van der Waals surface area contributed by atoms with Gasteiger partial charge in [-0.15, -0.1) is 0 Å². The largest absolute Gasteiger partial charge is 0.362 e. The lowest BCUT2D eigenvalue weighted by Crippen LogP contribution is -2.32. The van der Waals surface area contributed by atoms with E-state index in [-0.39, 0.29) is 0 Å². The molecule has 0 saturated heterocycles. The first-order valence-electron chi connectivity index (χ1n) is 7.94. The van der Waals surface area contributed by atoms with Crippen molar-refractivity contribution in [3.63, 3.8) is 0 Å². The van der Waals surface area contributed by atoms with Crippen molar-refractivity contribution in [2.24, 2.45) is 0 Å². The Labute approximate surface area is 143 Å². The van der Waals surface area contributed by atoms with Crippen LogP contribution < -0.4 is 4.90 Å². The molecule has 1 aliphatic rings. The summed E-state index contributed by atoms with van der Waals surface area (Å²) in [7, 11) is 0.719. The lowest BCUT2D eigenvalue weighted by Gasteiger charge is -2.19. The molecule has 0 N–H and O–H groups in total. The van der Waals surface area contributed by atoms with Crippen molar-refractivity contribution in [1.29, 1.82) is 0 Å². The van der Waals surface area contributed by atoms with E-state index in [1.807, 2.05) is 49.3 Å². The molecule has 0 bridgehead atoms. The minimum absolute atomic E-state index is 0.462. The number of benzene rings is 1. The zero-order valence-corrected chi connectivity index (χ0v) is 15.0. The Bertz CT molecular complexity index is 835. The molecule has 24 heavy (non-hydrogen) atoms. The van der Waals surface area contributed by atoms with E-state index in [0.29, 0.717) is 31.8 Å². The van der Waals surface area contributed by atoms with E-state index in [4.69, 9.17) is 9.97 Å². The van der Waals surface area contributed by atoms with Crippen molar-refractivity contribution >= 4 is 15.8 Å². The van der Waals surface area contributed by atoms with Crippen LogP contribution in [0.1, 0.15) is 11.3 Å². The standard InChI is InChI=1S/C17H22N4O2S/c1-20(2)17-14-9-11-21(24(3,22)23)12-10-15(14)18-16(19-17)13-7-5-4-6-8-13/h4-8H,9-12H2,1-3H3. The fourth-order valence-electron chi connectivity index (χ4n) is 2.98. The SMILES string of the molecule is CN(C)c1nc(-c2ccccc2)nc2c1CCN(S(C)(=O)=O)CC2. The zero-order chi connectivity index (χ0) is 17.3. The van der Waals surface area contributed by atoms with Gasteiger partial charge in [0.25, 0.3) is 0 Å². The lowest BCUT2D eigenvalue weighted by atomic mass is 10.1. The molecule has 6 nitrogen and oxygen atoms in total. The second-order valence-corrected chi connectivity index (χ2v) is 8.20. The van der Waals surface area contributed by atoms with Crippen molar-refractivity contribution in [3.05, 3.63) is 41.6 Å². The molecule has 0 amide bonds. The summed E-state index contributed by atoms with van der Waals surface area (Å²) in [6, 6.07) is 9.86. The first kappa shape index (κ1) is 16.9. The summed E-state index contributed by atoms with van der Waals surface area (Å²) in [6.07, 6.45) is 2.49. The normalized spacial score (nSPS) is 15.6. The van der Waals surface area contributed by atoms with E-state index >= 15 is 0 Å². The Morgan fingerprint density at radius 3 is 2.33 bits per heavy atom. The van der Waals surface area contributed by atoms with Crippen LogP contribution >= 0.6 is 0 Å². The van der Waals surface area contributed by atoms with Gasteiger partial charge in [0, 0.05) is 44.7 Å². The molecule has 2 heterocycles. The van der Waals surface area contributed by atoms with E-state index in [0.717, 1.165) is 22.6 Å². The van der Waals surface area contributed by atoms with Crippen molar-refractivity contribution in [2.45, 2.75) is 12.8 Å². The fraction of sp³-hybridized carbons (Fsp3) is 0.412. The summed E-state index contributed by atoms with van der Waals surface area (Å²) in [4.78, 5) is 11.5. The molecule has 1 aromatic carbocycles. The minimum atomic E-state index is -3.19. The first-order chi connectivity index (χ1) is 11.4. The molecule has 3 rings (SSSR count). The molecule has 0 unspecified atom stereocenters. The summed E-state index contributed by atoms with van der Waals surface area (Å²) in [5.74, 6) is 1.56. The van der Waals surface area contributed by atoms with Gasteiger partial charge in [0.15, 0.2) is 5.82 Å². The third-order valence-electron chi connectivity index (χ3n) is 4.20. The molecular weight excluding hydrogens is 324 g/mol. The topological polar surface area (TPSA) is 66.4 Å². The van der Waals surface area contributed by atoms with Crippen molar-refractivity contribution in [3.8, 4) is 11.4 Å². The van der Waals surface area contributed by atoms with Gasteiger partial charge in [0.05, 0.1) is 11.9 Å². The van der Waals surface area contributed by atoms with Crippen LogP contribution in [-0.2, 0) is 22.9 Å². The quantitative estimate of drug-likeness (QED) is 0.844. The number of fused-ring (bicyclic) bond motifs is 1. The molecule has 0 atom stereocenters. The first-order valence-corrected chi connectivity index (χ1v) is 9.79. The van der Waals surface area contributed by atoms with E-state index in [2.05, 4.69) is 0 Å². The second kappa shape index (κ2) is 6.49. The summed E-state index contributed by atoms with van der Waals surface area (Å²) in [5, 5.41) is 0. The number of anilines is 1. The molecule has 2 aromatic rings. The smallest absolute Gasteiger partial charge is 0.211 e. The Morgan fingerprint density at radius 1 is 1.04 bits per heavy atom. The van der Waals surface area contributed by atoms with Crippen LogP contribution in [0, 0.1) is 0 Å². The molecule has 7 heteroatoms. The van der Waals surface area contributed by atoms with E-state index in [9.17, 15) is 8.42 Å². The van der Waals surface area contributed by atoms with Gasteiger partial charge in [-0.3, -0.25) is 0 Å². The average molecular weight is 346 g/mol. The monoisotopic (exact) mass is 346 g/mol. The fourth-order valence-corrected chi connectivity index (χ4v) is 3.82. The van der Waals surface area contributed by atoms with Gasteiger partial charge < -0.3 is 4.90 Å². The molecule has 0 saturated carbocycles. The minimum Gasteiger partial charge on any atom is -0.362 e. The van der Waals surface area contributed by atoms with Crippen LogP contribution in [-0.4, -0.2) is 56.1 Å². The molecule has 0 radical (unpaired) electrons. The molecule has 1 aromatic heterocycles. The lowest BCUT2D eigenvalue weighted by molar-refractivity contribution is 0.430. The summed E-state index contributed by atoms with van der Waals surface area (Å²) in [5.41, 5.74) is 2.96. The molecule has 128 valence electrons. The Morgan fingerprint density at radius 2 is 1.71 bits per heavy atom. The predicted molar refractivity (Wildman–Crippen MR) is 95.6 cm³/mol. The Hall–Kier alpha value is -1.99. The van der Waals surface area contributed by atoms with Crippen molar-refractivity contribution in [2.75, 3.05) is 38.3 Å². The average Bonchev–Trinajstić information content (AvgIpc) is 2.76. The van der Waals surface area contributed by atoms with Crippen LogP contribution in [0.4, 0.5) is 5.82 Å². The maximum absolute atomic E-state index is 11.9. The van der Waals surface area contributed by atoms with Gasteiger partial charge in [0.1, 0.15) is 5.82 Å². The van der Waals surface area contributed by atoms with Crippen LogP contribution in [0.25, 0.3) is 11.4 Å². The van der Waals surface area contributed by atoms with Crippen LogP contribution in [0.5, 0.6) is 0 Å². The number of nitrogens with zero attached hydrogens (tertiary/aromatic N) is 4. The third kappa shape index (κ3) is 3.42. The highest BCUT2D eigenvalue weighted by atomic mass is 32.2. The predicted octanol–water partition coefficient (Wildman–Crippen LogP) is 1.57. The van der Waals surface area contributed by atoms with Gasteiger partial charge in [-0.05, 0) is 6.42 Å². The molecule has 0 fully saturated rings. The van der Waals surface area contributed by atoms with Crippen LogP contribution in [0.2, 0.25) is 0 Å². The molecule has 0 aliphatic carbocycles. The Balaban J connectivity index is 2.06. The van der Waals surface area contributed by atoms with Gasteiger partial charge in [-0.25, -0.2) is 22.7 Å². The number of hydrogen-bond acceptors (Lipinski definition) is 5. The highest BCUT2D eigenvalue weighted by Gasteiger charge is 2.25. The van der Waals surface area contributed by atoms with Gasteiger partial charge in [-0.2, -0.15) is 0 Å². The van der Waals surface area contributed by atoms with E-state index in [1.54, 1.807) is 0 Å². The van der Waals surface area contributed by atoms with Gasteiger partial charge in [0.2, 0.25) is 10.0 Å². The van der Waals surface area contributed by atoms with Gasteiger partial charge >= 0.3 is 0 Å². The highest BCUT2D eigenvalue weighted by Crippen LogP contribution is 2.27. The second-order valence-electron chi connectivity index (χ2n) is 6.22. The maximum Gasteiger partial charge on any atom is 0.211 e. The maximum atomic E-state index is 11.9. The van der Waals surface area contributed by atoms with Crippen LogP contribution in [0.3, 0.4) is 0 Å². The highest BCUT2D eigenvalue weighted by molar-refractivity contribution is 7.88. The van der Waals surface area contributed by atoms with Crippen LogP contribution in [0.15, 0.2) is 30.3 Å². The molecule has 0 spiro atoms. The number of hydrogen-bond donors (Lipinski definition) is 0. The summed E-state index contributed by atoms with van der Waals surface area (Å²) >= 11 is 0. The Kier molecular flexibility index (Phi) is 4.56. The third-order valence-corrected chi connectivity index (χ3v) is 5.51. The summed E-state index contributed by atoms with van der Waals surface area (Å²) < 4.78 is 25.3. The van der Waals surface area contributed by atoms with Crippen molar-refractivity contribution < 1.29 is 8.42 Å². The number of rotatable bonds is 3. The molecule has 1 aliphatic heterocycles. The molecular formula is C17H22N4O2S. The van der Waals surface area contributed by atoms with Crippen molar-refractivity contribution in [1.82, 2.24) is 14.3 Å². The zero-order valence-electron chi connectivity index (χ0n) is 14.2. The van der Waals surface area contributed by atoms with Gasteiger partial charge in [-0.1, -0.05) is 30.3 Å². The number of sulfonamides is 1.